The second kappa shape index (κ2) is 6.00. The van der Waals surface area contributed by atoms with Crippen LogP contribution in [0.2, 0.25) is 0 Å². The van der Waals surface area contributed by atoms with E-state index in [1.165, 1.54) is 0 Å². The topological polar surface area (TPSA) is 64.8 Å². The van der Waals surface area contributed by atoms with Crippen LogP contribution < -0.4 is 5.73 Å². The molecule has 2 rings (SSSR count). The number of carbonyl (C=O) groups excluding carboxylic acids is 1. The Morgan fingerprint density at radius 2 is 2.20 bits per heavy atom. The number of likely N-dealkylation sites (tertiary alicyclic amines) is 1. The monoisotopic (exact) mass is 284 g/mol. The molecule has 116 valence electrons. The molecule has 2 atom stereocenters. The lowest BCUT2D eigenvalue weighted by Crippen LogP contribution is -2.61. The van der Waals surface area contributed by atoms with Crippen LogP contribution in [0.1, 0.15) is 39.5 Å². The van der Waals surface area contributed by atoms with E-state index in [1.54, 1.807) is 7.11 Å². The third-order valence-electron chi connectivity index (χ3n) is 4.68. The number of hydrogen-bond donors (Lipinski definition) is 1. The van der Waals surface area contributed by atoms with Crippen LogP contribution in [0.3, 0.4) is 0 Å². The van der Waals surface area contributed by atoms with E-state index in [2.05, 4.69) is 11.8 Å². The first kappa shape index (κ1) is 15.7. The first-order chi connectivity index (χ1) is 9.43. The van der Waals surface area contributed by atoms with Gasteiger partial charge in [0.2, 0.25) is 0 Å². The fourth-order valence-corrected chi connectivity index (χ4v) is 3.20. The highest BCUT2D eigenvalue weighted by atomic mass is 16.5. The Bertz CT molecular complexity index is 359. The predicted molar refractivity (Wildman–Crippen MR) is 77.4 cm³/mol. The first-order valence-corrected chi connectivity index (χ1v) is 7.67. The van der Waals surface area contributed by atoms with Gasteiger partial charge in [0.25, 0.3) is 0 Å². The molecule has 0 aromatic carbocycles. The lowest BCUT2D eigenvalue weighted by atomic mass is 9.89. The summed E-state index contributed by atoms with van der Waals surface area (Å²) in [5, 5.41) is 0. The second-order valence-corrected chi connectivity index (χ2v) is 6.50. The molecule has 1 aliphatic heterocycles. The molecule has 0 aromatic rings. The first-order valence-electron chi connectivity index (χ1n) is 7.67. The van der Waals surface area contributed by atoms with E-state index < -0.39 is 5.54 Å². The highest BCUT2D eigenvalue weighted by Crippen LogP contribution is 2.40. The highest BCUT2D eigenvalue weighted by molar-refractivity contribution is 5.82. The number of carbonyl (C=O) groups is 1. The summed E-state index contributed by atoms with van der Waals surface area (Å²) >= 11 is 0. The van der Waals surface area contributed by atoms with Gasteiger partial charge in [-0.25, -0.2) is 4.79 Å². The Hall–Kier alpha value is -0.650. The quantitative estimate of drug-likeness (QED) is 0.741. The minimum absolute atomic E-state index is 0.128. The van der Waals surface area contributed by atoms with Gasteiger partial charge in [-0.15, -0.1) is 0 Å². The molecule has 0 bridgehead atoms. The fraction of sp³-hybridized carbons (Fsp3) is 0.933. The zero-order valence-electron chi connectivity index (χ0n) is 13.0. The van der Waals surface area contributed by atoms with Crippen molar-refractivity contribution < 1.29 is 14.3 Å². The van der Waals surface area contributed by atoms with E-state index in [0.717, 1.165) is 38.8 Å². The molecule has 0 radical (unpaired) electrons. The molecule has 2 N–H and O–H groups in total. The molecular weight excluding hydrogens is 256 g/mol. The van der Waals surface area contributed by atoms with Crippen molar-refractivity contribution in [3.63, 3.8) is 0 Å². The van der Waals surface area contributed by atoms with Gasteiger partial charge in [0.1, 0.15) is 5.54 Å². The third-order valence-corrected chi connectivity index (χ3v) is 4.68. The Morgan fingerprint density at radius 3 is 2.75 bits per heavy atom. The predicted octanol–water partition coefficient (Wildman–Crippen LogP) is 1.16. The summed E-state index contributed by atoms with van der Waals surface area (Å²) in [7, 11) is 1.76. The number of hydrogen-bond acceptors (Lipinski definition) is 5. The van der Waals surface area contributed by atoms with Gasteiger partial charge in [-0.3, -0.25) is 4.90 Å². The van der Waals surface area contributed by atoms with Crippen LogP contribution in [0.5, 0.6) is 0 Å². The average molecular weight is 284 g/mol. The lowest BCUT2D eigenvalue weighted by Gasteiger charge is -2.42. The van der Waals surface area contributed by atoms with Crippen LogP contribution in [0, 0.1) is 5.92 Å². The van der Waals surface area contributed by atoms with Crippen LogP contribution in [-0.4, -0.2) is 55.4 Å². The standard InChI is InChI=1S/C15H28N2O3/c1-4-20-13(18)15(16,12-6-7-12)11-17-9-5-8-14(2,10-17)19-3/h12H,4-11,16H2,1-3H3. The van der Waals surface area contributed by atoms with Crippen molar-refractivity contribution in [2.24, 2.45) is 11.7 Å². The van der Waals surface area contributed by atoms with Gasteiger partial charge in [-0.2, -0.15) is 0 Å². The van der Waals surface area contributed by atoms with Gasteiger partial charge in [0.15, 0.2) is 0 Å². The van der Waals surface area contributed by atoms with Crippen LogP contribution in [0.4, 0.5) is 0 Å². The van der Waals surface area contributed by atoms with E-state index >= 15 is 0 Å². The molecule has 2 fully saturated rings. The summed E-state index contributed by atoms with van der Waals surface area (Å²) in [6, 6.07) is 0. The molecule has 1 aliphatic carbocycles. The molecule has 5 heteroatoms. The highest BCUT2D eigenvalue weighted by Gasteiger charge is 2.50. The minimum Gasteiger partial charge on any atom is -0.465 e. The van der Waals surface area contributed by atoms with Crippen LogP contribution in [0.15, 0.2) is 0 Å². The maximum absolute atomic E-state index is 12.2. The van der Waals surface area contributed by atoms with Crippen molar-refractivity contribution in [2.75, 3.05) is 33.4 Å². The average Bonchev–Trinajstić information content (AvgIpc) is 3.23. The molecule has 20 heavy (non-hydrogen) atoms. The molecule has 1 saturated carbocycles. The Balaban J connectivity index is 2.03. The molecule has 1 heterocycles. The number of piperidine rings is 1. The van der Waals surface area contributed by atoms with Crippen molar-refractivity contribution in [3.05, 3.63) is 0 Å². The van der Waals surface area contributed by atoms with Gasteiger partial charge in [-0.1, -0.05) is 0 Å². The normalized spacial score (nSPS) is 30.8. The molecule has 5 nitrogen and oxygen atoms in total. The largest absolute Gasteiger partial charge is 0.465 e. The van der Waals surface area contributed by atoms with Crippen LogP contribution in [-0.2, 0) is 14.3 Å². The number of nitrogens with zero attached hydrogens (tertiary/aromatic N) is 1. The van der Waals surface area contributed by atoms with Gasteiger partial charge in [-0.05, 0) is 52.0 Å². The van der Waals surface area contributed by atoms with E-state index in [-0.39, 0.29) is 17.5 Å². The summed E-state index contributed by atoms with van der Waals surface area (Å²) in [4.78, 5) is 14.5. The van der Waals surface area contributed by atoms with Crippen LogP contribution >= 0.6 is 0 Å². The van der Waals surface area contributed by atoms with Gasteiger partial charge in [0.05, 0.1) is 12.2 Å². The molecule has 2 unspecified atom stereocenters. The maximum Gasteiger partial charge on any atom is 0.327 e. The summed E-state index contributed by atoms with van der Waals surface area (Å²) in [5.41, 5.74) is 5.46. The summed E-state index contributed by atoms with van der Waals surface area (Å²) in [6.45, 7) is 6.72. The zero-order chi connectivity index (χ0) is 14.8. The van der Waals surface area contributed by atoms with Crippen molar-refractivity contribution in [1.29, 1.82) is 0 Å². The van der Waals surface area contributed by atoms with Crippen molar-refractivity contribution in [2.45, 2.75) is 50.7 Å². The molecule has 0 aromatic heterocycles. The Morgan fingerprint density at radius 1 is 1.50 bits per heavy atom. The zero-order valence-corrected chi connectivity index (χ0v) is 13.0. The van der Waals surface area contributed by atoms with Crippen molar-refractivity contribution >= 4 is 5.97 Å². The van der Waals surface area contributed by atoms with Gasteiger partial charge < -0.3 is 15.2 Å². The number of esters is 1. The number of rotatable bonds is 6. The summed E-state index contributed by atoms with van der Waals surface area (Å²) < 4.78 is 10.8. The SMILES string of the molecule is CCOC(=O)C(N)(CN1CCCC(C)(OC)C1)C1CC1. The van der Waals surface area contributed by atoms with E-state index in [4.69, 9.17) is 15.2 Å². The van der Waals surface area contributed by atoms with E-state index in [9.17, 15) is 4.79 Å². The second-order valence-electron chi connectivity index (χ2n) is 6.50. The smallest absolute Gasteiger partial charge is 0.327 e. The van der Waals surface area contributed by atoms with E-state index in [0.29, 0.717) is 13.2 Å². The fourth-order valence-electron chi connectivity index (χ4n) is 3.20. The summed E-state index contributed by atoms with van der Waals surface area (Å²) in [5.74, 6) is 0.0319. The number of nitrogens with two attached hydrogens (primary N) is 1. The third kappa shape index (κ3) is 3.32. The Labute approximate surface area is 121 Å². The number of ether oxygens (including phenoxy) is 2. The van der Waals surface area contributed by atoms with Gasteiger partial charge in [0, 0.05) is 20.2 Å². The maximum atomic E-state index is 12.2. The van der Waals surface area contributed by atoms with Gasteiger partial charge >= 0.3 is 5.97 Å². The molecule has 0 spiro atoms. The molecule has 1 saturated heterocycles. The number of methoxy groups -OCH3 is 1. The van der Waals surface area contributed by atoms with Crippen molar-refractivity contribution in [3.8, 4) is 0 Å². The summed E-state index contributed by atoms with van der Waals surface area (Å²) in [6.07, 6.45) is 4.20. The lowest BCUT2D eigenvalue weighted by molar-refractivity contribution is -0.152. The van der Waals surface area contributed by atoms with Crippen LogP contribution in [0.25, 0.3) is 0 Å². The molecule has 2 aliphatic rings. The Kier molecular flexibility index (Phi) is 4.72. The molecular formula is C15H28N2O3. The van der Waals surface area contributed by atoms with E-state index in [1.807, 2.05) is 6.92 Å². The van der Waals surface area contributed by atoms with Crippen molar-refractivity contribution in [1.82, 2.24) is 4.90 Å². The minimum atomic E-state index is -0.845. The molecule has 0 amide bonds.